The molecule has 2 nitrogen and oxygen atoms in total. The van der Waals surface area contributed by atoms with Gasteiger partial charge in [0.25, 0.3) is 0 Å². The van der Waals surface area contributed by atoms with Crippen molar-refractivity contribution in [2.75, 3.05) is 11.9 Å². The minimum Gasteiger partial charge on any atom is -0.508 e. The molecule has 2 rings (SSSR count). The number of hydrogen-bond donors (Lipinski definition) is 1. The van der Waals surface area contributed by atoms with Gasteiger partial charge in [0.05, 0.1) is 0 Å². The normalized spacial score (nSPS) is 17.2. The minimum atomic E-state index is 0.354. The molecular weight excluding hydrogens is 174 g/mol. The van der Waals surface area contributed by atoms with E-state index in [9.17, 15) is 5.11 Å². The largest absolute Gasteiger partial charge is 0.508 e. The topological polar surface area (TPSA) is 23.5 Å². The lowest BCUT2D eigenvalue weighted by Crippen LogP contribution is -2.28. The van der Waals surface area contributed by atoms with Gasteiger partial charge in [-0.15, -0.1) is 0 Å². The molecular formula is C12H17NO. The lowest BCUT2D eigenvalue weighted by atomic mass is 10.2. The Morgan fingerprint density at radius 1 is 1.29 bits per heavy atom. The first-order valence-electron chi connectivity index (χ1n) is 5.29. The van der Waals surface area contributed by atoms with Crippen LogP contribution in [0.1, 0.15) is 25.7 Å². The van der Waals surface area contributed by atoms with Gasteiger partial charge in [-0.2, -0.15) is 0 Å². The number of phenolic OH excluding ortho intramolecular Hbond substituents is 1. The molecule has 1 aliphatic rings. The zero-order valence-corrected chi connectivity index (χ0v) is 8.61. The second-order valence-electron chi connectivity index (χ2n) is 4.07. The molecule has 0 aromatic heterocycles. The van der Waals surface area contributed by atoms with E-state index < -0.39 is 0 Å². The highest BCUT2D eigenvalue weighted by Gasteiger charge is 2.19. The number of benzene rings is 1. The Labute approximate surface area is 85.2 Å². The Kier molecular flexibility index (Phi) is 2.62. The maximum Gasteiger partial charge on any atom is 0.117 e. The molecule has 0 radical (unpaired) electrons. The molecule has 2 heteroatoms. The number of nitrogens with zero attached hydrogens (tertiary/aromatic N) is 1. The Bertz CT molecular complexity index is 305. The van der Waals surface area contributed by atoms with E-state index in [1.807, 2.05) is 12.1 Å². The van der Waals surface area contributed by atoms with Crippen LogP contribution in [0, 0.1) is 0 Å². The summed E-state index contributed by atoms with van der Waals surface area (Å²) in [6.07, 6.45) is 5.25. The molecule has 0 bridgehead atoms. The third-order valence-corrected chi connectivity index (χ3v) is 3.11. The van der Waals surface area contributed by atoms with E-state index in [0.717, 1.165) is 5.69 Å². The second kappa shape index (κ2) is 3.91. The number of rotatable bonds is 2. The molecule has 1 N–H and O–H groups in total. The Morgan fingerprint density at radius 3 is 2.64 bits per heavy atom. The monoisotopic (exact) mass is 191 g/mol. The van der Waals surface area contributed by atoms with E-state index >= 15 is 0 Å². The maximum atomic E-state index is 9.38. The molecule has 0 saturated heterocycles. The molecule has 76 valence electrons. The summed E-state index contributed by atoms with van der Waals surface area (Å²) in [5.74, 6) is 0.354. The average molecular weight is 191 g/mol. The third-order valence-electron chi connectivity index (χ3n) is 3.11. The van der Waals surface area contributed by atoms with Crippen molar-refractivity contribution in [3.8, 4) is 5.75 Å². The van der Waals surface area contributed by atoms with Crippen molar-refractivity contribution >= 4 is 5.69 Å². The van der Waals surface area contributed by atoms with Crippen LogP contribution < -0.4 is 4.90 Å². The predicted molar refractivity (Wildman–Crippen MR) is 58.8 cm³/mol. The van der Waals surface area contributed by atoms with Crippen LogP contribution in [0.15, 0.2) is 24.3 Å². The Balaban J connectivity index is 2.13. The summed E-state index contributed by atoms with van der Waals surface area (Å²) in [6, 6.07) is 8.16. The molecule has 0 unspecified atom stereocenters. The van der Waals surface area contributed by atoms with Gasteiger partial charge < -0.3 is 10.0 Å². The SMILES string of the molecule is CN(c1cccc(O)c1)C1CCCC1. The Hall–Kier alpha value is -1.18. The number of hydrogen-bond acceptors (Lipinski definition) is 2. The highest BCUT2D eigenvalue weighted by atomic mass is 16.3. The zero-order chi connectivity index (χ0) is 9.97. The first kappa shape index (κ1) is 9.38. The summed E-state index contributed by atoms with van der Waals surface area (Å²) in [4.78, 5) is 2.28. The summed E-state index contributed by atoms with van der Waals surface area (Å²) in [5.41, 5.74) is 1.12. The van der Waals surface area contributed by atoms with E-state index in [1.54, 1.807) is 6.07 Å². The lowest BCUT2D eigenvalue weighted by Gasteiger charge is -2.26. The van der Waals surface area contributed by atoms with Crippen LogP contribution in [0.2, 0.25) is 0 Å². The van der Waals surface area contributed by atoms with E-state index in [4.69, 9.17) is 0 Å². The fourth-order valence-electron chi connectivity index (χ4n) is 2.21. The first-order valence-corrected chi connectivity index (χ1v) is 5.29. The first-order chi connectivity index (χ1) is 6.77. The van der Waals surface area contributed by atoms with Crippen LogP contribution in [0.25, 0.3) is 0 Å². The maximum absolute atomic E-state index is 9.38. The molecule has 1 aromatic rings. The van der Waals surface area contributed by atoms with E-state index in [0.29, 0.717) is 11.8 Å². The second-order valence-corrected chi connectivity index (χ2v) is 4.07. The van der Waals surface area contributed by atoms with E-state index in [1.165, 1.54) is 25.7 Å². The minimum absolute atomic E-state index is 0.354. The highest BCUT2D eigenvalue weighted by Crippen LogP contribution is 2.28. The van der Waals surface area contributed by atoms with Gasteiger partial charge >= 0.3 is 0 Å². The molecule has 1 fully saturated rings. The standard InChI is InChI=1S/C12H17NO/c1-13(10-5-2-3-6-10)11-7-4-8-12(14)9-11/h4,7-10,14H,2-3,5-6H2,1H3. The van der Waals surface area contributed by atoms with Crippen molar-refractivity contribution in [1.82, 2.24) is 0 Å². The van der Waals surface area contributed by atoms with E-state index in [2.05, 4.69) is 18.0 Å². The van der Waals surface area contributed by atoms with Gasteiger partial charge in [0.1, 0.15) is 5.75 Å². The van der Waals surface area contributed by atoms with Gasteiger partial charge in [-0.1, -0.05) is 18.9 Å². The van der Waals surface area contributed by atoms with Crippen molar-refractivity contribution in [3.05, 3.63) is 24.3 Å². The average Bonchev–Trinajstić information content (AvgIpc) is 2.69. The summed E-state index contributed by atoms with van der Waals surface area (Å²) >= 11 is 0. The summed E-state index contributed by atoms with van der Waals surface area (Å²) in [5, 5.41) is 9.38. The molecule has 1 aliphatic carbocycles. The molecule has 1 saturated carbocycles. The van der Waals surface area contributed by atoms with Gasteiger partial charge in [-0.3, -0.25) is 0 Å². The lowest BCUT2D eigenvalue weighted by molar-refractivity contribution is 0.475. The van der Waals surface area contributed by atoms with Crippen LogP contribution in [-0.4, -0.2) is 18.2 Å². The van der Waals surface area contributed by atoms with Crippen molar-refractivity contribution in [3.63, 3.8) is 0 Å². The number of phenols is 1. The number of anilines is 1. The zero-order valence-electron chi connectivity index (χ0n) is 8.61. The Morgan fingerprint density at radius 2 is 2.00 bits per heavy atom. The smallest absolute Gasteiger partial charge is 0.117 e. The number of aromatic hydroxyl groups is 1. The molecule has 1 aromatic carbocycles. The fraction of sp³-hybridized carbons (Fsp3) is 0.500. The van der Waals surface area contributed by atoms with Crippen LogP contribution in [0.5, 0.6) is 5.75 Å². The third kappa shape index (κ3) is 1.84. The van der Waals surface area contributed by atoms with Crippen molar-refractivity contribution in [2.24, 2.45) is 0 Å². The van der Waals surface area contributed by atoms with Gasteiger partial charge in [0.15, 0.2) is 0 Å². The molecule has 0 atom stereocenters. The molecule has 0 spiro atoms. The van der Waals surface area contributed by atoms with Crippen molar-refractivity contribution in [2.45, 2.75) is 31.7 Å². The highest BCUT2D eigenvalue weighted by molar-refractivity contribution is 5.50. The van der Waals surface area contributed by atoms with Gasteiger partial charge in [-0.05, 0) is 25.0 Å². The van der Waals surface area contributed by atoms with Gasteiger partial charge in [0.2, 0.25) is 0 Å². The van der Waals surface area contributed by atoms with Gasteiger partial charge in [0, 0.05) is 24.8 Å². The summed E-state index contributed by atoms with van der Waals surface area (Å²) in [6.45, 7) is 0. The van der Waals surface area contributed by atoms with E-state index in [-0.39, 0.29) is 0 Å². The van der Waals surface area contributed by atoms with Gasteiger partial charge in [-0.25, -0.2) is 0 Å². The van der Waals surface area contributed by atoms with Crippen LogP contribution >= 0.6 is 0 Å². The quantitative estimate of drug-likeness (QED) is 0.777. The van der Waals surface area contributed by atoms with Crippen LogP contribution in [0.3, 0.4) is 0 Å². The fourth-order valence-corrected chi connectivity index (χ4v) is 2.21. The van der Waals surface area contributed by atoms with Crippen LogP contribution in [-0.2, 0) is 0 Å². The predicted octanol–water partition coefficient (Wildman–Crippen LogP) is 2.77. The van der Waals surface area contributed by atoms with Crippen LogP contribution in [0.4, 0.5) is 5.69 Å². The molecule has 0 amide bonds. The van der Waals surface area contributed by atoms with Crippen molar-refractivity contribution < 1.29 is 5.11 Å². The summed E-state index contributed by atoms with van der Waals surface area (Å²) in [7, 11) is 2.12. The molecule has 0 heterocycles. The van der Waals surface area contributed by atoms with Crippen molar-refractivity contribution in [1.29, 1.82) is 0 Å². The summed E-state index contributed by atoms with van der Waals surface area (Å²) < 4.78 is 0. The molecule has 14 heavy (non-hydrogen) atoms. The molecule has 0 aliphatic heterocycles.